The Balaban J connectivity index is 2.10. The number of amides is 1. The van der Waals surface area contributed by atoms with Gasteiger partial charge in [0.1, 0.15) is 11.4 Å². The van der Waals surface area contributed by atoms with Gasteiger partial charge in [-0.2, -0.15) is 18.3 Å². The molecule has 5 nitrogen and oxygen atoms in total. The van der Waals surface area contributed by atoms with Gasteiger partial charge in [0.15, 0.2) is 6.04 Å². The number of hydrogen-bond donors (Lipinski definition) is 0. The molecule has 3 rings (SSSR count). The molecule has 0 saturated carbocycles. The molecule has 0 N–H and O–H groups in total. The minimum absolute atomic E-state index is 0.0768. The molecule has 1 aromatic carbocycles. The van der Waals surface area contributed by atoms with Gasteiger partial charge in [-0.3, -0.25) is 9.58 Å². The SMILES string of the molecule is CCc1c(-c2ccc(F)c(Cl)c2)nn2c1CN(C(=O)OC(C)(C)C)CC2C(F)(F)F. The van der Waals surface area contributed by atoms with Crippen molar-refractivity contribution in [1.29, 1.82) is 0 Å². The van der Waals surface area contributed by atoms with E-state index >= 15 is 0 Å². The van der Waals surface area contributed by atoms with Crippen LogP contribution in [0, 0.1) is 5.82 Å². The van der Waals surface area contributed by atoms with Crippen LogP contribution in [0.3, 0.4) is 0 Å². The fraction of sp³-hybridized carbons (Fsp3) is 0.500. The molecule has 2 aromatic rings. The van der Waals surface area contributed by atoms with Crippen molar-refractivity contribution >= 4 is 17.7 Å². The Labute approximate surface area is 176 Å². The number of halogens is 5. The zero-order chi connectivity index (χ0) is 22.4. The predicted octanol–water partition coefficient (Wildman–Crippen LogP) is 5.76. The molecular weight excluding hydrogens is 426 g/mol. The maximum atomic E-state index is 13.8. The molecule has 1 unspecified atom stereocenters. The van der Waals surface area contributed by atoms with E-state index in [1.165, 1.54) is 12.1 Å². The van der Waals surface area contributed by atoms with Gasteiger partial charge in [0, 0.05) is 11.1 Å². The van der Waals surface area contributed by atoms with Crippen molar-refractivity contribution in [3.63, 3.8) is 0 Å². The molecule has 0 aliphatic carbocycles. The maximum Gasteiger partial charge on any atom is 0.412 e. The van der Waals surface area contributed by atoms with Gasteiger partial charge in [0.25, 0.3) is 0 Å². The number of alkyl halides is 3. The van der Waals surface area contributed by atoms with Crippen LogP contribution in [0.5, 0.6) is 0 Å². The highest BCUT2D eigenvalue weighted by molar-refractivity contribution is 6.31. The van der Waals surface area contributed by atoms with Gasteiger partial charge < -0.3 is 4.74 Å². The lowest BCUT2D eigenvalue weighted by molar-refractivity contribution is -0.178. The molecule has 1 amide bonds. The number of benzene rings is 1. The second-order valence-electron chi connectivity index (χ2n) is 8.12. The van der Waals surface area contributed by atoms with Gasteiger partial charge in [-0.1, -0.05) is 18.5 Å². The fourth-order valence-corrected chi connectivity index (χ4v) is 3.60. The first-order valence-corrected chi connectivity index (χ1v) is 9.80. The number of hydrogen-bond acceptors (Lipinski definition) is 3. The first kappa shape index (κ1) is 22.4. The van der Waals surface area contributed by atoms with Crippen molar-refractivity contribution in [2.45, 2.75) is 58.5 Å². The smallest absolute Gasteiger partial charge is 0.412 e. The summed E-state index contributed by atoms with van der Waals surface area (Å²) in [5, 5.41) is 4.07. The number of fused-ring (bicyclic) bond motifs is 1. The first-order chi connectivity index (χ1) is 13.8. The zero-order valence-corrected chi connectivity index (χ0v) is 17.7. The van der Waals surface area contributed by atoms with E-state index in [-0.39, 0.29) is 23.0 Å². The second-order valence-corrected chi connectivity index (χ2v) is 8.53. The van der Waals surface area contributed by atoms with Crippen LogP contribution in [-0.2, 0) is 17.7 Å². The van der Waals surface area contributed by atoms with Crippen molar-refractivity contribution in [1.82, 2.24) is 14.7 Å². The number of carbonyl (C=O) groups is 1. The summed E-state index contributed by atoms with van der Waals surface area (Å²) in [5.74, 6) is -0.633. The lowest BCUT2D eigenvalue weighted by Gasteiger charge is -2.36. The molecule has 0 fully saturated rings. The first-order valence-electron chi connectivity index (χ1n) is 9.42. The zero-order valence-electron chi connectivity index (χ0n) is 17.0. The van der Waals surface area contributed by atoms with Crippen LogP contribution in [0.2, 0.25) is 5.02 Å². The van der Waals surface area contributed by atoms with Gasteiger partial charge in [-0.15, -0.1) is 0 Å². The second kappa shape index (κ2) is 7.76. The molecule has 164 valence electrons. The Kier molecular flexibility index (Phi) is 5.79. The summed E-state index contributed by atoms with van der Waals surface area (Å²) in [7, 11) is 0. The quantitative estimate of drug-likeness (QED) is 0.550. The lowest BCUT2D eigenvalue weighted by Crippen LogP contribution is -2.48. The Hall–Kier alpha value is -2.29. The normalized spacial score (nSPS) is 17.1. The predicted molar refractivity (Wildman–Crippen MR) is 104 cm³/mol. The highest BCUT2D eigenvalue weighted by Gasteiger charge is 2.48. The fourth-order valence-electron chi connectivity index (χ4n) is 3.42. The average molecular weight is 448 g/mol. The van der Waals surface area contributed by atoms with Crippen molar-refractivity contribution in [3.05, 3.63) is 40.3 Å². The van der Waals surface area contributed by atoms with Gasteiger partial charge in [0.05, 0.1) is 29.5 Å². The number of nitrogens with zero attached hydrogens (tertiary/aromatic N) is 3. The van der Waals surface area contributed by atoms with Gasteiger partial charge in [-0.05, 0) is 45.4 Å². The van der Waals surface area contributed by atoms with E-state index in [0.29, 0.717) is 17.5 Å². The van der Waals surface area contributed by atoms with E-state index < -0.39 is 36.3 Å². The molecule has 1 aliphatic heterocycles. The summed E-state index contributed by atoms with van der Waals surface area (Å²) in [4.78, 5) is 13.5. The van der Waals surface area contributed by atoms with Crippen LogP contribution in [0.15, 0.2) is 18.2 Å². The molecular formula is C20H22ClF4N3O2. The van der Waals surface area contributed by atoms with Gasteiger partial charge >= 0.3 is 12.3 Å². The molecule has 0 radical (unpaired) electrons. The molecule has 10 heteroatoms. The Morgan fingerprint density at radius 1 is 1.30 bits per heavy atom. The van der Waals surface area contributed by atoms with Crippen LogP contribution < -0.4 is 0 Å². The Morgan fingerprint density at radius 2 is 1.97 bits per heavy atom. The van der Waals surface area contributed by atoms with E-state index in [0.717, 1.165) is 15.6 Å². The summed E-state index contributed by atoms with van der Waals surface area (Å²) in [5.41, 5.74) is 0.665. The van der Waals surface area contributed by atoms with E-state index in [1.807, 2.05) is 0 Å². The van der Waals surface area contributed by atoms with Crippen LogP contribution in [0.25, 0.3) is 11.3 Å². The monoisotopic (exact) mass is 447 g/mol. The van der Waals surface area contributed by atoms with Crippen molar-refractivity contribution in [3.8, 4) is 11.3 Å². The molecule has 1 aromatic heterocycles. The summed E-state index contributed by atoms with van der Waals surface area (Å²) < 4.78 is 61.3. The van der Waals surface area contributed by atoms with E-state index in [4.69, 9.17) is 16.3 Å². The van der Waals surface area contributed by atoms with Crippen LogP contribution in [0.1, 0.15) is 45.0 Å². The molecule has 2 heterocycles. The minimum Gasteiger partial charge on any atom is -0.444 e. The molecule has 30 heavy (non-hydrogen) atoms. The summed E-state index contributed by atoms with van der Waals surface area (Å²) in [6, 6.07) is 1.87. The summed E-state index contributed by atoms with van der Waals surface area (Å²) in [6.07, 6.45) is -5.09. The summed E-state index contributed by atoms with van der Waals surface area (Å²) in [6.45, 7) is 6.03. The van der Waals surface area contributed by atoms with E-state index in [2.05, 4.69) is 5.10 Å². The third kappa shape index (κ3) is 4.40. The molecule has 0 spiro atoms. The minimum atomic E-state index is -4.63. The maximum absolute atomic E-state index is 13.8. The summed E-state index contributed by atoms with van der Waals surface area (Å²) >= 11 is 5.85. The van der Waals surface area contributed by atoms with Crippen LogP contribution in [0.4, 0.5) is 22.4 Å². The number of ether oxygens (including phenoxy) is 1. The average Bonchev–Trinajstić information content (AvgIpc) is 2.99. The number of rotatable bonds is 2. The third-order valence-electron chi connectivity index (χ3n) is 4.72. The van der Waals surface area contributed by atoms with E-state index in [1.54, 1.807) is 27.7 Å². The van der Waals surface area contributed by atoms with Crippen molar-refractivity contribution < 1.29 is 27.1 Å². The number of carbonyl (C=O) groups excluding carboxylic acids is 1. The molecule has 1 aliphatic rings. The topological polar surface area (TPSA) is 47.4 Å². The lowest BCUT2D eigenvalue weighted by atomic mass is 10.0. The standard InChI is InChI=1S/C20H22ClF4N3O2/c1-5-12-15-9-27(18(29)30-19(2,3)4)10-16(20(23,24)25)28(15)26-17(12)11-6-7-14(22)13(21)8-11/h6-8,16H,5,9-10H2,1-4H3. The number of aromatic nitrogens is 2. The largest absolute Gasteiger partial charge is 0.444 e. The molecule has 0 saturated heterocycles. The highest BCUT2D eigenvalue weighted by Crippen LogP contribution is 2.39. The van der Waals surface area contributed by atoms with E-state index in [9.17, 15) is 22.4 Å². The Morgan fingerprint density at radius 3 is 2.50 bits per heavy atom. The van der Waals surface area contributed by atoms with Crippen LogP contribution in [-0.4, -0.2) is 39.1 Å². The van der Waals surface area contributed by atoms with Crippen molar-refractivity contribution in [2.75, 3.05) is 6.54 Å². The van der Waals surface area contributed by atoms with Crippen molar-refractivity contribution in [2.24, 2.45) is 0 Å². The molecule has 0 bridgehead atoms. The van der Waals surface area contributed by atoms with Crippen LogP contribution >= 0.6 is 11.6 Å². The third-order valence-corrected chi connectivity index (χ3v) is 5.01. The Bertz CT molecular complexity index is 966. The van der Waals surface area contributed by atoms with Gasteiger partial charge in [-0.25, -0.2) is 9.18 Å². The highest BCUT2D eigenvalue weighted by atomic mass is 35.5. The van der Waals surface area contributed by atoms with Gasteiger partial charge in [0.2, 0.25) is 0 Å². The molecule has 1 atom stereocenters.